The van der Waals surface area contributed by atoms with Crippen LogP contribution < -0.4 is 4.74 Å². The topological polar surface area (TPSA) is 44.8 Å². The third kappa shape index (κ3) is 6.19. The Morgan fingerprint density at radius 2 is 1.38 bits per heavy atom. The molecule has 0 aromatic heterocycles. The number of hydrogen-bond donors (Lipinski definition) is 0. The van der Waals surface area contributed by atoms with Crippen LogP contribution in [0.3, 0.4) is 0 Å². The van der Waals surface area contributed by atoms with E-state index in [1.165, 1.54) is 7.11 Å². The molecule has 0 aliphatic heterocycles. The molecule has 0 unspecified atom stereocenters. The molecule has 0 amide bonds. The van der Waals surface area contributed by atoms with E-state index in [1.54, 1.807) is 7.11 Å². The predicted molar refractivity (Wildman–Crippen MR) is 114 cm³/mol. The molecule has 3 aromatic carbocycles. The van der Waals surface area contributed by atoms with Gasteiger partial charge in [0.25, 0.3) is 0 Å². The summed E-state index contributed by atoms with van der Waals surface area (Å²) in [4.78, 5) is 11.3. The first-order chi connectivity index (χ1) is 14.2. The number of carbonyl (C=O) groups excluding carboxylic acids is 1. The number of benzene rings is 3. The third-order valence-corrected chi connectivity index (χ3v) is 4.69. The molecule has 0 N–H and O–H groups in total. The van der Waals surface area contributed by atoms with Gasteiger partial charge in [-0.05, 0) is 46.4 Å². The van der Waals surface area contributed by atoms with Gasteiger partial charge in [0.05, 0.1) is 13.7 Å². The molecule has 0 aliphatic rings. The lowest BCUT2D eigenvalue weighted by molar-refractivity contribution is -0.140. The molecule has 0 atom stereocenters. The van der Waals surface area contributed by atoms with Gasteiger partial charge in [0.2, 0.25) is 0 Å². The number of aryl methyl sites for hydroxylation is 1. The van der Waals surface area contributed by atoms with Gasteiger partial charge in [-0.3, -0.25) is 4.79 Å². The second kappa shape index (κ2) is 10.4. The van der Waals surface area contributed by atoms with Crippen LogP contribution in [0.25, 0.3) is 11.1 Å². The van der Waals surface area contributed by atoms with E-state index in [2.05, 4.69) is 53.3 Å². The molecule has 29 heavy (non-hydrogen) atoms. The van der Waals surface area contributed by atoms with Crippen molar-refractivity contribution >= 4 is 5.97 Å². The molecule has 0 bridgehead atoms. The Morgan fingerprint density at radius 3 is 2.00 bits per heavy atom. The van der Waals surface area contributed by atoms with Crippen molar-refractivity contribution < 1.29 is 19.0 Å². The van der Waals surface area contributed by atoms with Gasteiger partial charge in [-0.25, -0.2) is 0 Å². The van der Waals surface area contributed by atoms with Crippen LogP contribution in [0.4, 0.5) is 0 Å². The van der Waals surface area contributed by atoms with E-state index < -0.39 is 0 Å². The Bertz CT molecular complexity index is 914. The van der Waals surface area contributed by atoms with Crippen LogP contribution in [0, 0.1) is 0 Å². The third-order valence-electron chi connectivity index (χ3n) is 4.69. The fourth-order valence-corrected chi connectivity index (χ4v) is 3.10. The molecule has 0 fully saturated rings. The number of methoxy groups -OCH3 is 2. The Balaban J connectivity index is 1.57. The number of rotatable bonds is 9. The highest BCUT2D eigenvalue weighted by atomic mass is 16.5. The van der Waals surface area contributed by atoms with E-state index in [9.17, 15) is 4.79 Å². The Morgan fingerprint density at radius 1 is 0.759 bits per heavy atom. The van der Waals surface area contributed by atoms with Crippen molar-refractivity contribution in [3.8, 4) is 16.9 Å². The molecule has 4 heteroatoms. The SMILES string of the molecule is COCc1cccc(COc2ccc(-c3ccc(CCC(=O)OC)cc3)cc2)c1. The minimum absolute atomic E-state index is 0.185. The van der Waals surface area contributed by atoms with Gasteiger partial charge in [0.15, 0.2) is 0 Å². The van der Waals surface area contributed by atoms with Crippen LogP contribution in [-0.4, -0.2) is 20.2 Å². The minimum atomic E-state index is -0.185. The van der Waals surface area contributed by atoms with Crippen molar-refractivity contribution in [3.63, 3.8) is 0 Å². The summed E-state index contributed by atoms with van der Waals surface area (Å²) in [6, 6.07) is 24.5. The summed E-state index contributed by atoms with van der Waals surface area (Å²) in [6.07, 6.45) is 1.08. The first kappa shape index (κ1) is 20.6. The van der Waals surface area contributed by atoms with Crippen molar-refractivity contribution in [1.82, 2.24) is 0 Å². The quantitative estimate of drug-likeness (QED) is 0.472. The Hall–Kier alpha value is -3.11. The second-order valence-corrected chi connectivity index (χ2v) is 6.84. The fourth-order valence-electron chi connectivity index (χ4n) is 3.10. The summed E-state index contributed by atoms with van der Waals surface area (Å²) in [5, 5.41) is 0. The van der Waals surface area contributed by atoms with Gasteiger partial charge in [0, 0.05) is 13.5 Å². The highest BCUT2D eigenvalue weighted by Gasteiger charge is 2.04. The highest BCUT2D eigenvalue weighted by Crippen LogP contribution is 2.24. The second-order valence-electron chi connectivity index (χ2n) is 6.84. The molecule has 3 rings (SSSR count). The molecule has 0 saturated carbocycles. The Labute approximate surface area is 172 Å². The zero-order chi connectivity index (χ0) is 20.5. The summed E-state index contributed by atoms with van der Waals surface area (Å²) in [7, 11) is 3.11. The van der Waals surface area contributed by atoms with Crippen molar-refractivity contribution in [1.29, 1.82) is 0 Å². The highest BCUT2D eigenvalue weighted by molar-refractivity contribution is 5.69. The maximum Gasteiger partial charge on any atom is 0.305 e. The summed E-state index contributed by atoms with van der Waals surface area (Å²) < 4.78 is 15.8. The standard InChI is InChI=1S/C25H26O4/c1-27-17-20-4-3-5-21(16-20)18-29-24-13-11-23(12-14-24)22-9-6-19(7-10-22)8-15-25(26)28-2/h3-7,9-14,16H,8,15,17-18H2,1-2H3. The molecule has 150 valence electrons. The van der Waals surface area contributed by atoms with Gasteiger partial charge in [-0.2, -0.15) is 0 Å². The first-order valence-corrected chi connectivity index (χ1v) is 9.63. The van der Waals surface area contributed by atoms with Gasteiger partial charge in [-0.1, -0.05) is 60.7 Å². The summed E-state index contributed by atoms with van der Waals surface area (Å²) in [5.74, 6) is 0.649. The molecule has 0 radical (unpaired) electrons. The molecule has 0 heterocycles. The zero-order valence-electron chi connectivity index (χ0n) is 16.9. The molecule has 0 aliphatic carbocycles. The molecule has 0 saturated heterocycles. The van der Waals surface area contributed by atoms with Gasteiger partial charge >= 0.3 is 5.97 Å². The molecular weight excluding hydrogens is 364 g/mol. The molecule has 4 nitrogen and oxygen atoms in total. The van der Waals surface area contributed by atoms with Crippen LogP contribution in [0.2, 0.25) is 0 Å². The number of carbonyl (C=O) groups is 1. The largest absolute Gasteiger partial charge is 0.489 e. The maximum atomic E-state index is 11.3. The summed E-state index contributed by atoms with van der Waals surface area (Å²) >= 11 is 0. The number of esters is 1. The lowest BCUT2D eigenvalue weighted by atomic mass is 10.0. The van der Waals surface area contributed by atoms with E-state index in [1.807, 2.05) is 24.3 Å². The fraction of sp³-hybridized carbons (Fsp3) is 0.240. The van der Waals surface area contributed by atoms with E-state index >= 15 is 0 Å². The number of ether oxygens (including phenoxy) is 3. The van der Waals surface area contributed by atoms with Crippen molar-refractivity contribution in [3.05, 3.63) is 89.5 Å². The lowest BCUT2D eigenvalue weighted by Gasteiger charge is -2.09. The van der Waals surface area contributed by atoms with E-state index in [0.717, 1.165) is 33.6 Å². The molecule has 0 spiro atoms. The average Bonchev–Trinajstić information content (AvgIpc) is 2.77. The van der Waals surface area contributed by atoms with Gasteiger partial charge in [0.1, 0.15) is 12.4 Å². The smallest absolute Gasteiger partial charge is 0.305 e. The number of hydrogen-bond acceptors (Lipinski definition) is 4. The zero-order valence-corrected chi connectivity index (χ0v) is 16.9. The monoisotopic (exact) mass is 390 g/mol. The summed E-state index contributed by atoms with van der Waals surface area (Å²) in [6.45, 7) is 1.12. The van der Waals surface area contributed by atoms with Crippen LogP contribution in [0.5, 0.6) is 5.75 Å². The van der Waals surface area contributed by atoms with Crippen LogP contribution in [0.1, 0.15) is 23.1 Å². The van der Waals surface area contributed by atoms with Gasteiger partial charge in [-0.15, -0.1) is 0 Å². The average molecular weight is 390 g/mol. The van der Waals surface area contributed by atoms with Crippen LogP contribution in [0.15, 0.2) is 72.8 Å². The van der Waals surface area contributed by atoms with E-state index in [0.29, 0.717) is 26.1 Å². The normalized spacial score (nSPS) is 10.6. The van der Waals surface area contributed by atoms with Crippen molar-refractivity contribution in [2.75, 3.05) is 14.2 Å². The maximum absolute atomic E-state index is 11.3. The minimum Gasteiger partial charge on any atom is -0.489 e. The van der Waals surface area contributed by atoms with Crippen molar-refractivity contribution in [2.24, 2.45) is 0 Å². The molecular formula is C25H26O4. The van der Waals surface area contributed by atoms with E-state index in [-0.39, 0.29) is 5.97 Å². The lowest BCUT2D eigenvalue weighted by Crippen LogP contribution is -2.01. The summed E-state index contributed by atoms with van der Waals surface area (Å²) in [5.41, 5.74) is 5.63. The van der Waals surface area contributed by atoms with Gasteiger partial charge < -0.3 is 14.2 Å². The van der Waals surface area contributed by atoms with Crippen LogP contribution in [-0.2, 0) is 33.9 Å². The molecule has 3 aromatic rings. The predicted octanol–water partition coefficient (Wildman–Crippen LogP) is 5.18. The van der Waals surface area contributed by atoms with Crippen LogP contribution >= 0.6 is 0 Å². The van der Waals surface area contributed by atoms with Crippen molar-refractivity contribution in [2.45, 2.75) is 26.1 Å². The Kier molecular flexibility index (Phi) is 7.42. The first-order valence-electron chi connectivity index (χ1n) is 9.63. The van der Waals surface area contributed by atoms with E-state index in [4.69, 9.17) is 9.47 Å².